The number of hydrogen-bond acceptors (Lipinski definition) is 15. The van der Waals surface area contributed by atoms with Crippen LogP contribution in [0.5, 0.6) is 11.5 Å². The van der Waals surface area contributed by atoms with E-state index in [1.165, 1.54) is 39.2 Å². The number of nitrogens with one attached hydrogen (secondary N) is 2. The van der Waals surface area contributed by atoms with Gasteiger partial charge in [-0.05, 0) is 82.1 Å². The molecule has 2 aromatic heterocycles. The number of halogens is 4. The van der Waals surface area contributed by atoms with Gasteiger partial charge < -0.3 is 59.4 Å². The van der Waals surface area contributed by atoms with Crippen LogP contribution in [0.3, 0.4) is 0 Å². The first-order chi connectivity index (χ1) is 39.8. The number of likely N-dealkylation sites (tertiary alicyclic amines) is 2. The second kappa shape index (κ2) is 27.3. The zero-order chi connectivity index (χ0) is 60.9. The summed E-state index contributed by atoms with van der Waals surface area (Å²) in [5, 5.41) is 34.3. The minimum Gasteiger partial charge on any atom is -0.494 e. The Kier molecular flexibility index (Phi) is 20.3. The Morgan fingerprint density at radius 3 is 1.38 bits per heavy atom. The predicted molar refractivity (Wildman–Crippen MR) is 290 cm³/mol. The number of nitrogens with zero attached hydrogens (tertiary/aromatic N) is 10. The number of benzene rings is 2. The normalized spacial score (nSPS) is 18.2. The first-order valence-corrected chi connectivity index (χ1v) is 27.1. The molecular formula is C56H64F4N12O12. The topological polar surface area (TPSA) is 301 Å². The summed E-state index contributed by atoms with van der Waals surface area (Å²) in [6.45, 7) is 1.54. The van der Waals surface area contributed by atoms with Crippen molar-refractivity contribution in [2.45, 2.75) is 88.8 Å². The minimum absolute atomic E-state index is 0.0158. The maximum absolute atomic E-state index is 13.9. The number of carboxylic acid groups (broad SMARTS) is 1. The lowest BCUT2D eigenvalue weighted by molar-refractivity contribution is -0.133. The fourth-order valence-corrected chi connectivity index (χ4v) is 9.68. The molecular weight excluding hydrogens is 1110 g/mol. The molecule has 3 aliphatic rings. The van der Waals surface area contributed by atoms with Gasteiger partial charge in [0, 0.05) is 101 Å². The molecule has 7 rings (SSSR count). The van der Waals surface area contributed by atoms with Gasteiger partial charge in [-0.2, -0.15) is 10.5 Å². The fourth-order valence-electron chi connectivity index (χ4n) is 9.68. The number of nitriles is 2. The number of rotatable bonds is 16. The van der Waals surface area contributed by atoms with Crippen LogP contribution in [0.2, 0.25) is 0 Å². The van der Waals surface area contributed by atoms with Gasteiger partial charge in [-0.1, -0.05) is 0 Å². The molecule has 4 aromatic rings. The summed E-state index contributed by atoms with van der Waals surface area (Å²) in [5.74, 6) is -9.62. The first-order valence-electron chi connectivity index (χ1n) is 27.1. The predicted octanol–water partition coefficient (Wildman–Crippen LogP) is 4.67. The lowest BCUT2D eigenvalue weighted by atomic mass is 10.1. The van der Waals surface area contributed by atoms with E-state index < -0.39 is 104 Å². The minimum atomic E-state index is -3.22. The van der Waals surface area contributed by atoms with Crippen LogP contribution in [0.4, 0.5) is 27.2 Å². The maximum Gasteiger partial charge on any atom is 0.410 e. The van der Waals surface area contributed by atoms with E-state index in [0.29, 0.717) is 33.3 Å². The molecule has 2 aromatic carbocycles. The number of fused-ring (bicyclic) bond motifs is 2. The highest BCUT2D eigenvalue weighted by atomic mass is 19.3. The second-order valence-corrected chi connectivity index (χ2v) is 21.3. The van der Waals surface area contributed by atoms with Gasteiger partial charge in [0.15, 0.2) is 0 Å². The third-order valence-corrected chi connectivity index (χ3v) is 14.0. The number of aromatic nitrogens is 2. The maximum atomic E-state index is 13.9. The van der Waals surface area contributed by atoms with Crippen molar-refractivity contribution in [1.82, 2.24) is 50.0 Å². The Balaban J connectivity index is 0.920. The van der Waals surface area contributed by atoms with E-state index in [9.17, 15) is 71.5 Å². The van der Waals surface area contributed by atoms with Crippen molar-refractivity contribution in [3.8, 4) is 23.6 Å². The van der Waals surface area contributed by atoms with Crippen LogP contribution in [0.25, 0.3) is 21.8 Å². The van der Waals surface area contributed by atoms with Gasteiger partial charge in [0.1, 0.15) is 29.2 Å². The number of hydrogen-bond donors (Lipinski definition) is 3. The highest BCUT2D eigenvalue weighted by molar-refractivity contribution is 6.08. The molecule has 3 saturated heterocycles. The number of pyridine rings is 2. The standard InChI is InChI=1S/C56H64F4N12O12/c1-54(2,3)84-53(81)70-22-18-67(46(73)6-4-24-82-38-8-10-44-42(26-38)40(12-14-63-44)50(77)65-32-48(75)71-34-55(57,58)28-36(71)30-61)16-20-69(52(79)80)21-17-68(19-23-70)47(74)7-5-25-83-39-9-11-45-43(27-39)41(13-15-64-45)51(78)66-33-49(76)72-35-56(59,60)29-37(72)31-62/h8-15,26-27,36-37H,4-7,16-25,28-29,32-35H2,1-3H3,(H,65,77)(H,66,78)(H,79,80)/t36-,37-/m0/s1. The Hall–Kier alpha value is -9.08. The lowest BCUT2D eigenvalue weighted by Gasteiger charge is -2.34. The highest BCUT2D eigenvalue weighted by Crippen LogP contribution is 2.33. The van der Waals surface area contributed by atoms with Crippen LogP contribution in [0, 0.1) is 22.7 Å². The lowest BCUT2D eigenvalue weighted by Crippen LogP contribution is -2.51. The average molecular weight is 1170 g/mol. The van der Waals surface area contributed by atoms with E-state index in [1.54, 1.807) is 69.3 Å². The molecule has 0 bridgehead atoms. The van der Waals surface area contributed by atoms with E-state index in [-0.39, 0.29) is 114 Å². The van der Waals surface area contributed by atoms with Gasteiger partial charge in [0.25, 0.3) is 23.7 Å². The molecule has 3 N–H and O–H groups in total. The molecule has 2 atom stereocenters. The van der Waals surface area contributed by atoms with E-state index in [4.69, 9.17) is 14.2 Å². The number of alkyl halides is 4. The van der Waals surface area contributed by atoms with Crippen LogP contribution in [-0.2, 0) is 23.9 Å². The summed E-state index contributed by atoms with van der Waals surface area (Å²) in [5.41, 5.74) is 0.126. The summed E-state index contributed by atoms with van der Waals surface area (Å²) in [6, 6.07) is 13.1. The van der Waals surface area contributed by atoms with Gasteiger partial charge >= 0.3 is 12.2 Å². The van der Waals surface area contributed by atoms with Crippen LogP contribution in [0.1, 0.15) is 80.0 Å². The SMILES string of the molecule is CC(C)(C)OC(=O)N1CCN(C(=O)CCCOc2ccc3nccc(C(=O)NCC(=O)N4CC(F)(F)C[C@H]4C#N)c3c2)CCN(C(=O)O)CCN(C(=O)CCCOc2ccc3nccc(C(=O)NCC(=O)N4CC(F)(F)C[C@H]4C#N)c3c2)CC1. The Bertz CT molecular complexity index is 3040. The zero-order valence-electron chi connectivity index (χ0n) is 46.5. The van der Waals surface area contributed by atoms with Crippen LogP contribution in [0.15, 0.2) is 60.9 Å². The van der Waals surface area contributed by atoms with Crippen molar-refractivity contribution in [2.24, 2.45) is 0 Å². The molecule has 0 spiro atoms. The number of carbonyl (C=O) groups is 8. The molecule has 448 valence electrons. The van der Waals surface area contributed by atoms with Crippen molar-refractivity contribution >= 4 is 69.4 Å². The molecule has 0 saturated carbocycles. The Morgan fingerprint density at radius 2 is 1.00 bits per heavy atom. The summed E-state index contributed by atoms with van der Waals surface area (Å²) >= 11 is 0. The summed E-state index contributed by atoms with van der Waals surface area (Å²) < 4.78 is 73.4. The van der Waals surface area contributed by atoms with Gasteiger partial charge in [0.05, 0.1) is 73.7 Å². The van der Waals surface area contributed by atoms with Crippen molar-refractivity contribution in [1.29, 1.82) is 10.5 Å². The summed E-state index contributed by atoms with van der Waals surface area (Å²) in [7, 11) is 0. The monoisotopic (exact) mass is 1170 g/mol. The summed E-state index contributed by atoms with van der Waals surface area (Å²) in [6.07, 6.45) is -0.502. The van der Waals surface area contributed by atoms with Gasteiger partial charge in [-0.15, -0.1) is 0 Å². The third-order valence-electron chi connectivity index (χ3n) is 14.0. The summed E-state index contributed by atoms with van der Waals surface area (Å²) in [4.78, 5) is 121. The molecule has 0 radical (unpaired) electrons. The molecule has 3 aliphatic heterocycles. The van der Waals surface area contributed by atoms with Gasteiger partial charge in [-0.25, -0.2) is 27.2 Å². The van der Waals surface area contributed by atoms with Crippen molar-refractivity contribution < 1.29 is 75.2 Å². The Labute approximate surface area is 480 Å². The molecule has 8 amide bonds. The van der Waals surface area contributed by atoms with Crippen LogP contribution < -0.4 is 20.1 Å². The first kappa shape index (κ1) is 62.5. The molecule has 5 heterocycles. The average Bonchev–Trinajstić information content (AvgIpc) is 3.27. The fraction of sp³-hybridized carbons (Fsp3) is 0.500. The van der Waals surface area contributed by atoms with Gasteiger partial charge in [-0.3, -0.25) is 38.7 Å². The van der Waals surface area contributed by atoms with Crippen molar-refractivity contribution in [3.05, 3.63) is 72.1 Å². The smallest absolute Gasteiger partial charge is 0.410 e. The van der Waals surface area contributed by atoms with Crippen molar-refractivity contribution in [2.75, 3.05) is 91.8 Å². The molecule has 0 unspecified atom stereocenters. The van der Waals surface area contributed by atoms with E-state index in [2.05, 4.69) is 20.6 Å². The van der Waals surface area contributed by atoms with E-state index in [0.717, 1.165) is 14.7 Å². The Morgan fingerprint density at radius 1 is 0.607 bits per heavy atom. The van der Waals surface area contributed by atoms with Gasteiger partial charge in [0.2, 0.25) is 23.6 Å². The third kappa shape index (κ3) is 16.8. The second-order valence-electron chi connectivity index (χ2n) is 21.3. The highest BCUT2D eigenvalue weighted by Gasteiger charge is 2.48. The number of ether oxygens (including phenoxy) is 3. The van der Waals surface area contributed by atoms with Crippen molar-refractivity contribution in [3.63, 3.8) is 0 Å². The van der Waals surface area contributed by atoms with Crippen LogP contribution in [-0.4, -0.2) is 213 Å². The molecule has 84 heavy (non-hydrogen) atoms. The number of carbonyl (C=O) groups excluding carboxylic acids is 7. The van der Waals surface area contributed by atoms with E-state index in [1.807, 2.05) is 0 Å². The molecule has 0 aliphatic carbocycles. The molecule has 28 heteroatoms. The molecule has 24 nitrogen and oxygen atoms in total. The zero-order valence-corrected chi connectivity index (χ0v) is 46.5. The largest absolute Gasteiger partial charge is 0.494 e. The van der Waals surface area contributed by atoms with E-state index >= 15 is 0 Å². The molecule has 3 fully saturated rings. The quantitative estimate of drug-likeness (QED) is 0.101. The number of amides is 8. The van der Waals surface area contributed by atoms with Crippen LogP contribution >= 0.6 is 0 Å².